The summed E-state index contributed by atoms with van der Waals surface area (Å²) in [7, 11) is 0. The number of hydrogen-bond acceptors (Lipinski definition) is 6. The van der Waals surface area contributed by atoms with Crippen LogP contribution in [0.1, 0.15) is 11.1 Å². The van der Waals surface area contributed by atoms with E-state index >= 15 is 0 Å². The molecule has 0 atom stereocenters. The minimum Gasteiger partial charge on any atom is -0.403 e. The van der Waals surface area contributed by atoms with Crippen molar-refractivity contribution in [1.29, 1.82) is 21.0 Å². The number of rotatable bonds is 4. The lowest BCUT2D eigenvalue weighted by atomic mass is 9.82. The van der Waals surface area contributed by atoms with E-state index in [-0.39, 0.29) is 36.4 Å². The van der Waals surface area contributed by atoms with E-state index in [1.54, 1.807) is 0 Å². The third-order valence-corrected chi connectivity index (χ3v) is 5.91. The van der Waals surface area contributed by atoms with Crippen LogP contribution in [0.5, 0.6) is 11.5 Å². The third-order valence-electron chi connectivity index (χ3n) is 5.91. The molecule has 0 bridgehead atoms. The zero-order chi connectivity index (χ0) is 36.6. The number of nitriles is 4. The summed E-state index contributed by atoms with van der Waals surface area (Å²) in [5, 5.41) is 34.0. The first kappa shape index (κ1) is 36.4. The molecule has 0 saturated heterocycles. The first-order valence-corrected chi connectivity index (χ1v) is 11.8. The van der Waals surface area contributed by atoms with E-state index in [4.69, 9.17) is 0 Å². The molecule has 0 aliphatic rings. The molecule has 0 fully saturated rings. The molecule has 0 N–H and O–H groups in total. The van der Waals surface area contributed by atoms with E-state index in [9.17, 15) is 82.5 Å². The first-order chi connectivity index (χ1) is 22.0. The Morgan fingerprint density at radius 1 is 0.500 bits per heavy atom. The fraction of sp³-hybridized carbons (Fsp3) is 0.143. The van der Waals surface area contributed by atoms with Crippen molar-refractivity contribution >= 4 is 11.1 Å². The minimum atomic E-state index is -6.05. The molecule has 0 aliphatic carbocycles. The van der Waals surface area contributed by atoms with Crippen molar-refractivity contribution in [2.75, 3.05) is 0 Å². The second kappa shape index (κ2) is 12.6. The highest BCUT2D eigenvalue weighted by Gasteiger charge is 2.45. The number of nitrogens with zero attached hydrogens (tertiary/aromatic N) is 4. The van der Waals surface area contributed by atoms with Gasteiger partial charge in [0.05, 0.1) is 11.1 Å². The summed E-state index contributed by atoms with van der Waals surface area (Å²) < 4.78 is 202. The van der Waals surface area contributed by atoms with Crippen molar-refractivity contribution in [3.8, 4) is 58.0 Å². The zero-order valence-electron chi connectivity index (χ0n) is 22.4. The van der Waals surface area contributed by atoms with Gasteiger partial charge in [0.1, 0.15) is 35.4 Å². The molecular weight excluding hydrogens is 690 g/mol. The highest BCUT2D eigenvalue weighted by molar-refractivity contribution is 5.90. The molecule has 3 aromatic rings. The van der Waals surface area contributed by atoms with E-state index in [1.165, 1.54) is 0 Å². The van der Waals surface area contributed by atoms with Gasteiger partial charge >= 0.3 is 25.1 Å². The Kier molecular flexibility index (Phi) is 9.60. The van der Waals surface area contributed by atoms with Crippen molar-refractivity contribution < 1.29 is 70.9 Å². The van der Waals surface area contributed by atoms with E-state index < -0.39 is 103 Å². The standard InChI is InChI=1S/C28H6F14N4O2/c29-15-5-11(1-3-17(15)47-27(37,38)39)19-21(13(7-43)8-44)24(26(34,35)36)20(22(14(9-45)10-46)23(19)25(31,32)33)12-2-4-18(16(30)6-12)48-28(40,41)42/h1-6H. The number of halogens is 14. The Hall–Kier alpha value is -6.02. The van der Waals surface area contributed by atoms with E-state index in [0.29, 0.717) is 0 Å². The van der Waals surface area contributed by atoms with Crippen molar-refractivity contribution in [2.24, 2.45) is 0 Å². The lowest BCUT2D eigenvalue weighted by Gasteiger charge is -2.24. The average molecular weight is 696 g/mol. The zero-order valence-corrected chi connectivity index (χ0v) is 22.4. The Morgan fingerprint density at radius 2 is 0.792 bits per heavy atom. The second-order valence-corrected chi connectivity index (χ2v) is 8.83. The van der Waals surface area contributed by atoms with E-state index in [0.717, 1.165) is 24.3 Å². The molecule has 0 aliphatic heterocycles. The largest absolute Gasteiger partial charge is 0.573 e. The van der Waals surface area contributed by atoms with Crippen LogP contribution in [0, 0.1) is 57.0 Å². The fourth-order valence-corrected chi connectivity index (χ4v) is 4.40. The van der Waals surface area contributed by atoms with Crippen LogP contribution in [-0.4, -0.2) is 12.7 Å². The van der Waals surface area contributed by atoms with Crippen LogP contribution in [0.3, 0.4) is 0 Å². The van der Waals surface area contributed by atoms with Gasteiger partial charge in [-0.15, -0.1) is 26.3 Å². The summed E-state index contributed by atoms with van der Waals surface area (Å²) in [6, 6.07) is 3.54. The van der Waals surface area contributed by atoms with Gasteiger partial charge in [-0.05, 0) is 35.4 Å². The summed E-state index contributed by atoms with van der Waals surface area (Å²) >= 11 is 0. The average Bonchev–Trinajstić information content (AvgIpc) is 2.93. The highest BCUT2D eigenvalue weighted by Crippen LogP contribution is 2.42. The molecule has 0 radical (unpaired) electrons. The molecule has 0 heterocycles. The van der Waals surface area contributed by atoms with Crippen molar-refractivity contribution in [3.63, 3.8) is 0 Å². The van der Waals surface area contributed by atoms with Crippen molar-refractivity contribution in [1.82, 2.24) is 0 Å². The van der Waals surface area contributed by atoms with Gasteiger partial charge in [-0.3, -0.25) is 0 Å². The molecule has 0 amide bonds. The summed E-state index contributed by atoms with van der Waals surface area (Å²) in [4.78, 5) is 0. The predicted molar refractivity (Wildman–Crippen MR) is 129 cm³/mol. The van der Waals surface area contributed by atoms with Gasteiger partial charge in [0.25, 0.3) is 0 Å². The molecule has 0 aromatic heterocycles. The van der Waals surface area contributed by atoms with Gasteiger partial charge in [0, 0.05) is 21.6 Å². The molecule has 3 rings (SSSR count). The quantitative estimate of drug-likeness (QED) is 0.261. The first-order valence-electron chi connectivity index (χ1n) is 11.8. The van der Waals surface area contributed by atoms with Crippen LogP contribution in [-0.2, 0) is 12.4 Å². The Balaban J connectivity index is 2.89. The number of alkyl halides is 12. The van der Waals surface area contributed by atoms with Crippen LogP contribution < -0.4 is 19.9 Å². The maximum atomic E-state index is 15.0. The van der Waals surface area contributed by atoms with Crippen LogP contribution in [0.2, 0.25) is 0 Å². The second-order valence-electron chi connectivity index (χ2n) is 8.83. The van der Waals surface area contributed by atoms with Crippen LogP contribution >= 0.6 is 0 Å². The molecule has 0 saturated carbocycles. The summed E-state index contributed by atoms with van der Waals surface area (Å²) in [6.07, 6.45) is -23.3. The highest BCUT2D eigenvalue weighted by atomic mass is 19.4. The number of benzene rings is 3. The van der Waals surface area contributed by atoms with Crippen LogP contribution in [0.15, 0.2) is 36.4 Å². The SMILES string of the molecule is N#CC(C#N)=c1c(-c2ccc(OC(F)(F)F)c(F)c2)c(C(F)(F)F)c(=C(C#N)C#N)c(-c2ccc(OC(F)(F)F)c(F)c2)c1C(F)(F)F. The topological polar surface area (TPSA) is 114 Å². The van der Waals surface area contributed by atoms with Gasteiger partial charge in [0.15, 0.2) is 23.1 Å². The maximum Gasteiger partial charge on any atom is 0.573 e. The number of hydrogen-bond donors (Lipinski definition) is 0. The van der Waals surface area contributed by atoms with E-state index in [1.807, 2.05) is 0 Å². The van der Waals surface area contributed by atoms with Crippen molar-refractivity contribution in [2.45, 2.75) is 25.1 Å². The van der Waals surface area contributed by atoms with Crippen LogP contribution in [0.25, 0.3) is 33.4 Å². The van der Waals surface area contributed by atoms with Crippen LogP contribution in [0.4, 0.5) is 61.5 Å². The van der Waals surface area contributed by atoms with E-state index in [2.05, 4.69) is 9.47 Å². The fourth-order valence-electron chi connectivity index (χ4n) is 4.40. The maximum absolute atomic E-state index is 15.0. The molecule has 0 unspecified atom stereocenters. The molecule has 3 aromatic carbocycles. The summed E-state index contributed by atoms with van der Waals surface area (Å²) in [5.41, 5.74) is -15.3. The Labute approximate surface area is 256 Å². The van der Waals surface area contributed by atoms with Gasteiger partial charge in [-0.2, -0.15) is 47.4 Å². The summed E-state index contributed by atoms with van der Waals surface area (Å²) in [6.45, 7) is 0. The monoisotopic (exact) mass is 696 g/mol. The van der Waals surface area contributed by atoms with Gasteiger partial charge in [-0.25, -0.2) is 8.78 Å². The lowest BCUT2D eigenvalue weighted by Crippen LogP contribution is -2.36. The normalized spacial score (nSPS) is 11.9. The molecule has 0 spiro atoms. The minimum absolute atomic E-state index is 0.0231. The van der Waals surface area contributed by atoms with Gasteiger partial charge in [-0.1, -0.05) is 12.1 Å². The predicted octanol–water partition coefficient (Wildman–Crippen LogP) is 7.53. The lowest BCUT2D eigenvalue weighted by molar-refractivity contribution is -0.276. The Morgan fingerprint density at radius 3 is 1.00 bits per heavy atom. The van der Waals surface area contributed by atoms with Gasteiger partial charge in [0.2, 0.25) is 0 Å². The smallest absolute Gasteiger partial charge is 0.403 e. The molecule has 20 heteroatoms. The summed E-state index contributed by atoms with van der Waals surface area (Å²) in [5.74, 6) is -7.66. The number of ether oxygens (including phenoxy) is 2. The molecule has 48 heavy (non-hydrogen) atoms. The van der Waals surface area contributed by atoms with Crippen molar-refractivity contribution in [3.05, 3.63) is 69.6 Å². The van der Waals surface area contributed by atoms with Gasteiger partial charge < -0.3 is 9.47 Å². The third kappa shape index (κ3) is 7.50. The molecule has 6 nitrogen and oxygen atoms in total. The molecular formula is C28H6F14N4O2. The molecule has 248 valence electrons. The Bertz CT molecular complexity index is 1920.